The Bertz CT molecular complexity index is 1070. The number of amides is 1. The molecule has 2 saturated heterocycles. The van der Waals surface area contributed by atoms with Gasteiger partial charge in [0.05, 0.1) is 32.3 Å². The van der Waals surface area contributed by atoms with Crippen LogP contribution >= 0.6 is 0 Å². The molecule has 1 spiro atoms. The van der Waals surface area contributed by atoms with Gasteiger partial charge in [-0.25, -0.2) is 0 Å². The summed E-state index contributed by atoms with van der Waals surface area (Å²) in [5.74, 6) is 2.67. The zero-order valence-electron chi connectivity index (χ0n) is 21.8. The van der Waals surface area contributed by atoms with Crippen molar-refractivity contribution in [2.24, 2.45) is 11.8 Å². The number of ether oxygens (including phenoxy) is 1. The van der Waals surface area contributed by atoms with Crippen LogP contribution in [0.4, 0.5) is 0 Å². The minimum absolute atomic E-state index is 0.0410. The topological polar surface area (TPSA) is 62.8 Å². The van der Waals surface area contributed by atoms with Gasteiger partial charge in [-0.3, -0.25) is 4.79 Å². The van der Waals surface area contributed by atoms with Crippen LogP contribution in [0.1, 0.15) is 67.6 Å². The summed E-state index contributed by atoms with van der Waals surface area (Å²) >= 11 is 0. The van der Waals surface area contributed by atoms with Gasteiger partial charge in [-0.15, -0.1) is 0 Å². The highest BCUT2D eigenvalue weighted by Gasteiger charge is 2.57. The number of carbonyl (C=O) groups excluding carboxylic acids is 1. The Hall–Kier alpha value is -2.37. The van der Waals surface area contributed by atoms with Gasteiger partial charge >= 0.3 is 0 Å². The number of fused-ring (bicyclic) bond motifs is 2. The summed E-state index contributed by atoms with van der Waals surface area (Å²) < 4.78 is 5.75. The second-order valence-electron chi connectivity index (χ2n) is 11.7. The van der Waals surface area contributed by atoms with Crippen LogP contribution in [-0.4, -0.2) is 50.1 Å². The van der Waals surface area contributed by atoms with Crippen LogP contribution < -0.4 is 15.4 Å². The van der Waals surface area contributed by atoms with E-state index < -0.39 is 0 Å². The molecule has 6 rings (SSSR count). The lowest BCUT2D eigenvalue weighted by Crippen LogP contribution is -2.91. The number of hydrogen-bond donors (Lipinski definition) is 2. The molecule has 5 heteroatoms. The standard InChI is InChI=1S/C31H41N3O2/c1-36-29-14-8-13-26-25(29)18-32-20-31(26)21-33-19-27(31)30(35)34-16-15-24(22-9-4-2-5-10-22)17-28(34)23-11-6-3-7-12-23/h2,4-5,8-10,13-14,23-24,27-28,32-33H,3,6-7,11-12,15-21H2,1H3/p+2/t24-,27+,28+,31+/m1/s1. The van der Waals surface area contributed by atoms with Gasteiger partial charge in [0.15, 0.2) is 0 Å². The zero-order chi connectivity index (χ0) is 24.5. The molecule has 4 N–H and O–H groups in total. The molecule has 5 nitrogen and oxygen atoms in total. The van der Waals surface area contributed by atoms with Crippen molar-refractivity contribution in [1.82, 2.24) is 4.90 Å². The molecule has 3 fully saturated rings. The highest BCUT2D eigenvalue weighted by molar-refractivity contribution is 5.82. The Labute approximate surface area is 216 Å². The molecule has 0 radical (unpaired) electrons. The maximum Gasteiger partial charge on any atom is 0.233 e. The molecule has 4 atom stereocenters. The molecule has 36 heavy (non-hydrogen) atoms. The van der Waals surface area contributed by atoms with E-state index in [4.69, 9.17) is 4.74 Å². The predicted octanol–water partition coefficient (Wildman–Crippen LogP) is 2.56. The van der Waals surface area contributed by atoms with Crippen LogP contribution in [0.15, 0.2) is 48.5 Å². The van der Waals surface area contributed by atoms with Gasteiger partial charge in [-0.2, -0.15) is 0 Å². The van der Waals surface area contributed by atoms with Gasteiger partial charge in [0.1, 0.15) is 23.6 Å². The van der Waals surface area contributed by atoms with Crippen LogP contribution in [-0.2, 0) is 16.8 Å². The van der Waals surface area contributed by atoms with Crippen molar-refractivity contribution in [3.8, 4) is 5.75 Å². The van der Waals surface area contributed by atoms with Gasteiger partial charge in [-0.1, -0.05) is 61.7 Å². The molecule has 3 heterocycles. The number of rotatable bonds is 4. The maximum absolute atomic E-state index is 14.6. The molecule has 192 valence electrons. The summed E-state index contributed by atoms with van der Waals surface area (Å²) in [6, 6.07) is 17.9. The van der Waals surface area contributed by atoms with E-state index in [1.165, 1.54) is 48.8 Å². The summed E-state index contributed by atoms with van der Waals surface area (Å²) in [5, 5.41) is 4.81. The summed E-state index contributed by atoms with van der Waals surface area (Å²) in [6.07, 6.45) is 8.77. The maximum atomic E-state index is 14.6. The van der Waals surface area contributed by atoms with E-state index in [0.717, 1.165) is 51.3 Å². The molecular formula is C31H43N3O2+2. The number of benzene rings is 2. The fraction of sp³-hybridized carbons (Fsp3) is 0.581. The van der Waals surface area contributed by atoms with Gasteiger partial charge in [0.25, 0.3) is 0 Å². The average molecular weight is 490 g/mol. The molecular weight excluding hydrogens is 446 g/mol. The molecule has 2 aromatic rings. The van der Waals surface area contributed by atoms with Crippen LogP contribution in [0.2, 0.25) is 0 Å². The Morgan fingerprint density at radius 1 is 0.972 bits per heavy atom. The zero-order valence-corrected chi connectivity index (χ0v) is 21.8. The van der Waals surface area contributed by atoms with E-state index in [1.54, 1.807) is 7.11 Å². The summed E-state index contributed by atoms with van der Waals surface area (Å²) in [6.45, 7) is 4.73. The first kappa shape index (κ1) is 24.0. The van der Waals surface area contributed by atoms with Crippen molar-refractivity contribution in [2.45, 2.75) is 68.9 Å². The third-order valence-electron chi connectivity index (χ3n) is 10.0. The number of piperidine rings is 1. The molecule has 0 aromatic heterocycles. The SMILES string of the molecule is COc1cccc2c1C[NH2+]C[C@]21C[NH2+]C[C@H]1C(=O)N1CC[C@@H](c2ccccc2)C[C@H]1C1CCCCC1. The number of hydrogen-bond acceptors (Lipinski definition) is 2. The third kappa shape index (κ3) is 4.14. The van der Waals surface area contributed by atoms with Crippen LogP contribution in [0.25, 0.3) is 0 Å². The van der Waals surface area contributed by atoms with Crippen molar-refractivity contribution in [3.05, 3.63) is 65.2 Å². The number of likely N-dealkylation sites (tertiary alicyclic amines) is 1. The fourth-order valence-electron chi connectivity index (χ4n) is 8.22. The summed E-state index contributed by atoms with van der Waals surface area (Å²) in [7, 11) is 1.77. The van der Waals surface area contributed by atoms with Crippen molar-refractivity contribution in [2.75, 3.05) is 33.3 Å². The fourth-order valence-corrected chi connectivity index (χ4v) is 8.22. The van der Waals surface area contributed by atoms with E-state index in [1.807, 2.05) is 0 Å². The second kappa shape index (κ2) is 10.2. The Morgan fingerprint density at radius 2 is 1.78 bits per heavy atom. The van der Waals surface area contributed by atoms with E-state index in [9.17, 15) is 4.79 Å². The van der Waals surface area contributed by atoms with E-state index in [0.29, 0.717) is 23.8 Å². The third-order valence-corrected chi connectivity index (χ3v) is 10.0. The molecule has 0 bridgehead atoms. The van der Waals surface area contributed by atoms with Crippen LogP contribution in [0.5, 0.6) is 5.75 Å². The average Bonchev–Trinajstić information content (AvgIpc) is 3.37. The first-order chi connectivity index (χ1) is 17.7. The Morgan fingerprint density at radius 3 is 2.58 bits per heavy atom. The number of quaternary nitrogens is 2. The predicted molar refractivity (Wildman–Crippen MR) is 141 cm³/mol. The molecule has 2 aromatic carbocycles. The van der Waals surface area contributed by atoms with E-state index >= 15 is 0 Å². The number of methoxy groups -OCH3 is 1. The Kier molecular flexibility index (Phi) is 6.78. The second-order valence-corrected chi connectivity index (χ2v) is 11.7. The van der Waals surface area contributed by atoms with Crippen molar-refractivity contribution in [3.63, 3.8) is 0 Å². The number of carbonyl (C=O) groups is 1. The number of nitrogens with two attached hydrogens (primary N) is 2. The monoisotopic (exact) mass is 489 g/mol. The Balaban J connectivity index is 1.31. The van der Waals surface area contributed by atoms with Crippen LogP contribution in [0.3, 0.4) is 0 Å². The lowest BCUT2D eigenvalue weighted by molar-refractivity contribution is -0.691. The quantitative estimate of drug-likeness (QED) is 0.694. The van der Waals surface area contributed by atoms with Crippen molar-refractivity contribution in [1.29, 1.82) is 0 Å². The van der Waals surface area contributed by atoms with Crippen molar-refractivity contribution >= 4 is 5.91 Å². The van der Waals surface area contributed by atoms with Gasteiger partial charge in [0.2, 0.25) is 5.91 Å². The smallest absolute Gasteiger partial charge is 0.233 e. The van der Waals surface area contributed by atoms with Crippen LogP contribution in [0, 0.1) is 11.8 Å². The summed E-state index contributed by atoms with van der Waals surface area (Å²) in [5.41, 5.74) is 4.02. The molecule has 1 saturated carbocycles. The highest BCUT2D eigenvalue weighted by atomic mass is 16.5. The van der Waals surface area contributed by atoms with Gasteiger partial charge < -0.3 is 20.3 Å². The van der Waals surface area contributed by atoms with E-state index in [2.05, 4.69) is 64.1 Å². The summed E-state index contributed by atoms with van der Waals surface area (Å²) in [4.78, 5) is 17.0. The molecule has 1 amide bonds. The normalized spacial score (nSPS) is 30.8. The molecule has 4 aliphatic rings. The first-order valence-corrected chi connectivity index (χ1v) is 14.4. The lowest BCUT2D eigenvalue weighted by Gasteiger charge is -2.47. The van der Waals surface area contributed by atoms with Crippen molar-refractivity contribution < 1.29 is 20.2 Å². The molecule has 1 aliphatic carbocycles. The number of nitrogens with zero attached hydrogens (tertiary/aromatic N) is 1. The molecule has 3 aliphatic heterocycles. The highest BCUT2D eigenvalue weighted by Crippen LogP contribution is 2.43. The van der Waals surface area contributed by atoms with E-state index in [-0.39, 0.29) is 11.3 Å². The minimum atomic E-state index is -0.105. The molecule has 0 unspecified atom stereocenters. The largest absolute Gasteiger partial charge is 0.496 e. The first-order valence-electron chi connectivity index (χ1n) is 14.4. The van der Waals surface area contributed by atoms with Gasteiger partial charge in [0, 0.05) is 12.6 Å². The van der Waals surface area contributed by atoms with Gasteiger partial charge in [-0.05, 0) is 54.7 Å². The minimum Gasteiger partial charge on any atom is -0.496 e. The lowest BCUT2D eigenvalue weighted by atomic mass is 9.67.